The molecule has 2 aromatic carbocycles. The molecule has 8 heteroatoms. The zero-order valence-electron chi connectivity index (χ0n) is 23.6. The second-order valence-electron chi connectivity index (χ2n) is 12.4. The molecule has 3 fully saturated rings. The van der Waals surface area contributed by atoms with Gasteiger partial charge in [0, 0.05) is 53.1 Å². The Morgan fingerprint density at radius 1 is 1.10 bits per heavy atom. The van der Waals surface area contributed by atoms with Crippen molar-refractivity contribution in [3.63, 3.8) is 0 Å². The third kappa shape index (κ3) is 7.17. The summed E-state index contributed by atoms with van der Waals surface area (Å²) < 4.78 is 0. The summed E-state index contributed by atoms with van der Waals surface area (Å²) in [5, 5.41) is 12.5. The number of hydrogen-bond donors (Lipinski definition) is 1. The van der Waals surface area contributed by atoms with Crippen LogP contribution < -0.4 is 0 Å². The monoisotopic (exact) mass is 611 g/mol. The van der Waals surface area contributed by atoms with Gasteiger partial charge in [0.25, 0.3) is 0 Å². The fourth-order valence-electron chi connectivity index (χ4n) is 6.85. The van der Waals surface area contributed by atoms with E-state index < -0.39 is 5.97 Å². The molecule has 1 saturated carbocycles. The van der Waals surface area contributed by atoms with Crippen LogP contribution in [-0.2, 0) is 11.2 Å². The van der Waals surface area contributed by atoms with Gasteiger partial charge in [0.1, 0.15) is 6.04 Å². The number of aliphatic carboxylic acids is 1. The van der Waals surface area contributed by atoms with E-state index in [1.165, 1.54) is 28.8 Å². The van der Waals surface area contributed by atoms with E-state index >= 15 is 0 Å². The highest BCUT2D eigenvalue weighted by molar-refractivity contribution is 7.11. The molecule has 1 N–H and O–H groups in total. The largest absolute Gasteiger partial charge is 0.480 e. The van der Waals surface area contributed by atoms with Crippen LogP contribution in [-0.4, -0.2) is 64.6 Å². The van der Waals surface area contributed by atoms with Crippen molar-refractivity contribution in [2.75, 3.05) is 32.7 Å². The Morgan fingerprint density at radius 3 is 2.61 bits per heavy atom. The molecule has 5 nitrogen and oxygen atoms in total. The Kier molecular flexibility index (Phi) is 9.04. The number of carbonyl (C=O) groups is 1. The maximum Gasteiger partial charge on any atom is 0.320 e. The average Bonchev–Trinajstić information content (AvgIpc) is 3.49. The van der Waals surface area contributed by atoms with E-state index in [1.807, 2.05) is 23.5 Å². The lowest BCUT2D eigenvalue weighted by molar-refractivity contribution is -0.143. The van der Waals surface area contributed by atoms with E-state index in [1.54, 1.807) is 6.07 Å². The lowest BCUT2D eigenvalue weighted by Crippen LogP contribution is -2.41. The van der Waals surface area contributed by atoms with Crippen molar-refractivity contribution in [1.29, 1.82) is 0 Å². The molecular formula is C33H39Cl2N3O2S. The number of piperidine rings is 1. The van der Waals surface area contributed by atoms with E-state index in [-0.39, 0.29) is 6.04 Å². The van der Waals surface area contributed by atoms with Crippen molar-refractivity contribution in [2.24, 2.45) is 11.8 Å². The first-order valence-electron chi connectivity index (χ1n) is 15.0. The Morgan fingerprint density at radius 2 is 1.90 bits per heavy atom. The highest BCUT2D eigenvalue weighted by Crippen LogP contribution is 2.40. The SMILES string of the molecule is Cc1cccc([C@H]2CN([C@H](CC3CC3)C(=O)O)C[C@@H]2CN2CCC(c3cnc(Cc4ccc(Cl)cc4Cl)s3)CC2)c1. The van der Waals surface area contributed by atoms with Gasteiger partial charge in [-0.25, -0.2) is 4.98 Å². The summed E-state index contributed by atoms with van der Waals surface area (Å²) >= 11 is 14.3. The minimum absolute atomic E-state index is 0.353. The summed E-state index contributed by atoms with van der Waals surface area (Å²) in [4.78, 5) is 23.3. The fourth-order valence-corrected chi connectivity index (χ4v) is 8.44. The van der Waals surface area contributed by atoms with Crippen molar-refractivity contribution in [3.05, 3.63) is 85.3 Å². The van der Waals surface area contributed by atoms with Gasteiger partial charge in [-0.2, -0.15) is 0 Å². The first kappa shape index (κ1) is 29.1. The number of halogens is 2. The molecule has 3 aliphatic rings. The van der Waals surface area contributed by atoms with Crippen molar-refractivity contribution >= 4 is 40.5 Å². The predicted octanol–water partition coefficient (Wildman–Crippen LogP) is 7.50. The molecule has 2 saturated heterocycles. The van der Waals surface area contributed by atoms with Gasteiger partial charge in [-0.3, -0.25) is 9.69 Å². The molecule has 0 radical (unpaired) electrons. The second-order valence-corrected chi connectivity index (χ2v) is 14.4. The molecule has 41 heavy (non-hydrogen) atoms. The zero-order valence-corrected chi connectivity index (χ0v) is 26.0. The Labute approximate surface area is 257 Å². The summed E-state index contributed by atoms with van der Waals surface area (Å²) in [6.07, 6.45) is 8.24. The lowest BCUT2D eigenvalue weighted by atomic mass is 9.87. The molecular weight excluding hydrogens is 573 g/mol. The topological polar surface area (TPSA) is 56.7 Å². The molecule has 1 aliphatic carbocycles. The quantitative estimate of drug-likeness (QED) is 0.257. The molecule has 0 bridgehead atoms. The Bertz CT molecular complexity index is 1370. The van der Waals surface area contributed by atoms with Gasteiger partial charge < -0.3 is 10.0 Å². The molecule has 6 rings (SSSR count). The number of nitrogens with zero attached hydrogens (tertiary/aromatic N) is 3. The summed E-state index contributed by atoms with van der Waals surface area (Å²) in [7, 11) is 0. The van der Waals surface area contributed by atoms with E-state index in [9.17, 15) is 9.90 Å². The fraction of sp³-hybridized carbons (Fsp3) is 0.515. The normalized spacial score (nSPS) is 23.2. The van der Waals surface area contributed by atoms with Gasteiger partial charge in [-0.1, -0.05) is 71.9 Å². The van der Waals surface area contributed by atoms with Crippen LogP contribution in [0.3, 0.4) is 0 Å². The summed E-state index contributed by atoms with van der Waals surface area (Å²) in [6, 6.07) is 14.2. The van der Waals surface area contributed by atoms with Crippen LogP contribution in [0.1, 0.15) is 70.5 Å². The number of carboxylic acid groups (broad SMARTS) is 1. The van der Waals surface area contributed by atoms with E-state index in [0.29, 0.717) is 33.7 Å². The van der Waals surface area contributed by atoms with Crippen LogP contribution in [0.5, 0.6) is 0 Å². The Hall–Kier alpha value is -1.96. The van der Waals surface area contributed by atoms with Gasteiger partial charge in [-0.05, 0) is 80.3 Å². The Balaban J connectivity index is 1.09. The van der Waals surface area contributed by atoms with E-state index in [4.69, 9.17) is 28.2 Å². The molecule has 3 atom stereocenters. The van der Waals surface area contributed by atoms with E-state index in [2.05, 4.69) is 47.2 Å². The maximum absolute atomic E-state index is 12.3. The summed E-state index contributed by atoms with van der Waals surface area (Å²) in [5.74, 6) is 1.30. The van der Waals surface area contributed by atoms with Gasteiger partial charge >= 0.3 is 5.97 Å². The van der Waals surface area contributed by atoms with Crippen molar-refractivity contribution in [3.8, 4) is 0 Å². The molecule has 2 aliphatic heterocycles. The van der Waals surface area contributed by atoms with Crippen LogP contribution in [0.15, 0.2) is 48.7 Å². The number of thiazole rings is 1. The third-order valence-corrected chi connectivity index (χ3v) is 11.1. The van der Waals surface area contributed by atoms with Crippen molar-refractivity contribution < 1.29 is 9.90 Å². The lowest BCUT2D eigenvalue weighted by Gasteiger charge is -2.34. The highest BCUT2D eigenvalue weighted by atomic mass is 35.5. The number of likely N-dealkylation sites (tertiary alicyclic amines) is 2. The third-order valence-electron chi connectivity index (χ3n) is 9.33. The number of hydrogen-bond acceptors (Lipinski definition) is 5. The number of benzene rings is 2. The van der Waals surface area contributed by atoms with Crippen molar-refractivity contribution in [1.82, 2.24) is 14.8 Å². The molecule has 0 spiro atoms. The number of aromatic nitrogens is 1. The molecule has 3 aromatic rings. The van der Waals surface area contributed by atoms with Gasteiger partial charge in [0.15, 0.2) is 0 Å². The summed E-state index contributed by atoms with van der Waals surface area (Å²) in [5.41, 5.74) is 3.69. The van der Waals surface area contributed by atoms with Gasteiger partial charge in [-0.15, -0.1) is 11.3 Å². The maximum atomic E-state index is 12.3. The molecule has 3 heterocycles. The summed E-state index contributed by atoms with van der Waals surface area (Å²) in [6.45, 7) is 7.03. The second kappa shape index (κ2) is 12.7. The van der Waals surface area contributed by atoms with Crippen LogP contribution in [0.2, 0.25) is 10.0 Å². The molecule has 0 amide bonds. The van der Waals surface area contributed by atoms with Crippen LogP contribution in [0, 0.1) is 18.8 Å². The van der Waals surface area contributed by atoms with Gasteiger partial charge in [0.05, 0.1) is 5.01 Å². The van der Waals surface area contributed by atoms with Crippen LogP contribution in [0.25, 0.3) is 0 Å². The highest BCUT2D eigenvalue weighted by Gasteiger charge is 2.42. The smallest absolute Gasteiger partial charge is 0.320 e. The van der Waals surface area contributed by atoms with Crippen LogP contribution >= 0.6 is 34.5 Å². The minimum atomic E-state index is -0.649. The van der Waals surface area contributed by atoms with Crippen molar-refractivity contribution in [2.45, 2.75) is 63.3 Å². The number of rotatable bonds is 10. The minimum Gasteiger partial charge on any atom is -0.480 e. The zero-order chi connectivity index (χ0) is 28.5. The standard InChI is InChI=1S/C33H39Cl2N3O2S/c1-21-3-2-4-24(13-21)28-20-38(30(33(39)40)14-22-5-6-22)19-26(28)18-37-11-9-23(10-12-37)31-17-36-32(41-31)15-25-7-8-27(34)16-29(25)35/h2-4,7-8,13,16-17,22-23,26,28,30H,5-6,9-12,14-15,18-20H2,1H3,(H,39,40)/t26-,28+,30+/m0/s1. The average molecular weight is 613 g/mol. The first-order valence-corrected chi connectivity index (χ1v) is 16.5. The van der Waals surface area contributed by atoms with E-state index in [0.717, 1.165) is 69.0 Å². The van der Waals surface area contributed by atoms with Gasteiger partial charge in [0.2, 0.25) is 0 Å². The number of carboxylic acids is 1. The van der Waals surface area contributed by atoms with Crippen LogP contribution in [0.4, 0.5) is 0 Å². The predicted molar refractivity (Wildman–Crippen MR) is 168 cm³/mol. The number of aryl methyl sites for hydroxylation is 1. The molecule has 218 valence electrons. The molecule has 0 unspecified atom stereocenters. The first-order chi connectivity index (χ1) is 19.8. The molecule has 1 aromatic heterocycles.